The Hall–Kier alpha value is -3.35. The molecule has 0 aliphatic rings. The van der Waals surface area contributed by atoms with Crippen molar-refractivity contribution < 1.29 is 28.6 Å². The van der Waals surface area contributed by atoms with Crippen molar-refractivity contribution in [1.29, 1.82) is 0 Å². The molecule has 0 amide bonds. The molecule has 0 bridgehead atoms. The number of carbonyl (C=O) groups excluding carboxylic acids is 3. The summed E-state index contributed by atoms with van der Waals surface area (Å²) in [4.78, 5) is 39.5. The molecule has 1 aromatic carbocycles. The number of aryl methyl sites for hydroxylation is 1. The van der Waals surface area contributed by atoms with E-state index < -0.39 is 17.9 Å². The number of ether oxygens (including phenoxy) is 3. The highest BCUT2D eigenvalue weighted by molar-refractivity contribution is 6.05. The van der Waals surface area contributed by atoms with E-state index in [9.17, 15) is 14.4 Å². The number of esters is 1. The molecule has 0 saturated carbocycles. The minimum Gasteiger partial charge on any atom is -0.497 e. The van der Waals surface area contributed by atoms with E-state index in [2.05, 4.69) is 4.98 Å². The fourth-order valence-corrected chi connectivity index (χ4v) is 3.11. The fraction of sp³-hybridized carbons (Fsp3) is 0.318. The van der Waals surface area contributed by atoms with E-state index in [4.69, 9.17) is 14.2 Å². The van der Waals surface area contributed by atoms with Crippen LogP contribution in [0.15, 0.2) is 24.3 Å². The Morgan fingerprint density at radius 2 is 1.79 bits per heavy atom. The molecule has 29 heavy (non-hydrogen) atoms. The van der Waals surface area contributed by atoms with E-state index in [-0.39, 0.29) is 11.5 Å². The first-order valence-corrected chi connectivity index (χ1v) is 9.04. The molecule has 0 saturated heterocycles. The van der Waals surface area contributed by atoms with Crippen molar-refractivity contribution in [2.24, 2.45) is 0 Å². The zero-order valence-corrected chi connectivity index (χ0v) is 17.4. The molecule has 0 spiro atoms. The highest BCUT2D eigenvalue weighted by atomic mass is 16.5. The minimum atomic E-state index is -1.01. The number of nitrogens with one attached hydrogen (secondary N) is 1. The van der Waals surface area contributed by atoms with E-state index in [1.54, 1.807) is 39.2 Å². The zero-order chi connectivity index (χ0) is 21.7. The minimum absolute atomic E-state index is 0.128. The molecule has 154 valence electrons. The topological polar surface area (TPSA) is 94.7 Å². The van der Waals surface area contributed by atoms with Crippen molar-refractivity contribution in [3.63, 3.8) is 0 Å². The van der Waals surface area contributed by atoms with Crippen LogP contribution in [0, 0.1) is 13.8 Å². The number of Topliss-reactive ketones (excluding diaryl/α,β-unsaturated/α-hetero) is 2. The van der Waals surface area contributed by atoms with Crippen molar-refractivity contribution >= 4 is 23.6 Å². The van der Waals surface area contributed by atoms with Gasteiger partial charge in [-0.1, -0.05) is 0 Å². The largest absolute Gasteiger partial charge is 0.497 e. The Morgan fingerprint density at radius 1 is 1.10 bits per heavy atom. The predicted molar refractivity (Wildman–Crippen MR) is 109 cm³/mol. The third-order valence-electron chi connectivity index (χ3n) is 4.54. The van der Waals surface area contributed by atoms with Crippen molar-refractivity contribution in [3.8, 4) is 11.5 Å². The highest BCUT2D eigenvalue weighted by Gasteiger charge is 2.25. The van der Waals surface area contributed by atoms with Crippen molar-refractivity contribution in [3.05, 3.63) is 52.4 Å². The van der Waals surface area contributed by atoms with Gasteiger partial charge in [0, 0.05) is 29.0 Å². The lowest BCUT2D eigenvalue weighted by Gasteiger charge is -2.11. The van der Waals surface area contributed by atoms with E-state index in [0.29, 0.717) is 33.9 Å². The normalized spacial score (nSPS) is 11.9. The third kappa shape index (κ3) is 4.93. The first kappa shape index (κ1) is 21.9. The monoisotopic (exact) mass is 399 g/mol. The number of hydrogen-bond acceptors (Lipinski definition) is 6. The Kier molecular flexibility index (Phi) is 6.98. The summed E-state index contributed by atoms with van der Waals surface area (Å²) in [7, 11) is 3.06. The molecule has 2 aromatic rings. The molecular weight excluding hydrogens is 374 g/mol. The molecule has 1 aromatic heterocycles. The molecule has 0 fully saturated rings. The molecular formula is C22H25NO6. The summed E-state index contributed by atoms with van der Waals surface area (Å²) in [6.45, 7) is 6.35. The van der Waals surface area contributed by atoms with Crippen LogP contribution in [-0.4, -0.2) is 42.8 Å². The molecule has 0 aliphatic heterocycles. The van der Waals surface area contributed by atoms with Gasteiger partial charge in [0.2, 0.25) is 5.78 Å². The van der Waals surface area contributed by atoms with Crippen LogP contribution >= 0.6 is 0 Å². The summed E-state index contributed by atoms with van der Waals surface area (Å²) >= 11 is 0. The van der Waals surface area contributed by atoms with Crippen LogP contribution in [0.25, 0.3) is 6.08 Å². The smallest absolute Gasteiger partial charge is 0.331 e. The number of rotatable bonds is 8. The molecule has 1 N–H and O–H groups in total. The summed E-state index contributed by atoms with van der Waals surface area (Å²) < 4.78 is 15.6. The van der Waals surface area contributed by atoms with Crippen molar-refractivity contribution in [2.75, 3.05) is 14.2 Å². The summed E-state index contributed by atoms with van der Waals surface area (Å²) in [5.41, 5.74) is 2.59. The van der Waals surface area contributed by atoms with Gasteiger partial charge in [-0.15, -0.1) is 0 Å². The third-order valence-corrected chi connectivity index (χ3v) is 4.54. The van der Waals surface area contributed by atoms with Gasteiger partial charge in [0.25, 0.3) is 0 Å². The van der Waals surface area contributed by atoms with Gasteiger partial charge in [0.05, 0.1) is 19.9 Å². The van der Waals surface area contributed by atoms with Crippen LogP contribution in [0.4, 0.5) is 0 Å². The zero-order valence-electron chi connectivity index (χ0n) is 17.4. The number of aromatic amines is 1. The van der Waals surface area contributed by atoms with Crippen LogP contribution in [-0.2, 0) is 9.53 Å². The summed E-state index contributed by atoms with van der Waals surface area (Å²) in [6.07, 6.45) is 1.75. The van der Waals surface area contributed by atoms with Crippen LogP contribution < -0.4 is 9.47 Å². The Labute approximate surface area is 169 Å². The van der Waals surface area contributed by atoms with E-state index >= 15 is 0 Å². The lowest BCUT2D eigenvalue weighted by atomic mass is 10.0. The van der Waals surface area contributed by atoms with E-state index in [1.165, 1.54) is 33.1 Å². The van der Waals surface area contributed by atoms with Gasteiger partial charge < -0.3 is 19.2 Å². The second kappa shape index (κ2) is 9.23. The maximum absolute atomic E-state index is 12.7. The number of methoxy groups -OCH3 is 2. The average Bonchev–Trinajstić information content (AvgIpc) is 2.99. The summed E-state index contributed by atoms with van der Waals surface area (Å²) in [6, 6.07) is 5.17. The van der Waals surface area contributed by atoms with E-state index in [1.807, 2.05) is 0 Å². The van der Waals surface area contributed by atoms with Crippen molar-refractivity contribution in [1.82, 2.24) is 4.98 Å². The number of aromatic nitrogens is 1. The van der Waals surface area contributed by atoms with Gasteiger partial charge in [0.15, 0.2) is 11.9 Å². The lowest BCUT2D eigenvalue weighted by Crippen LogP contribution is -2.24. The van der Waals surface area contributed by atoms with Gasteiger partial charge in [0.1, 0.15) is 11.5 Å². The summed E-state index contributed by atoms with van der Waals surface area (Å²) in [5, 5.41) is 0. The molecule has 0 aliphatic carbocycles. The second-order valence-electron chi connectivity index (χ2n) is 6.57. The molecule has 0 unspecified atom stereocenters. The molecule has 2 rings (SSSR count). The number of carbonyl (C=O) groups is 3. The predicted octanol–water partition coefficient (Wildman–Crippen LogP) is 3.68. The lowest BCUT2D eigenvalue weighted by molar-refractivity contribution is -0.140. The van der Waals surface area contributed by atoms with Gasteiger partial charge >= 0.3 is 5.97 Å². The van der Waals surface area contributed by atoms with Crippen molar-refractivity contribution in [2.45, 2.75) is 33.8 Å². The Bertz CT molecular complexity index is 970. The maximum atomic E-state index is 12.7. The van der Waals surface area contributed by atoms with Crippen LogP contribution in [0.5, 0.6) is 11.5 Å². The first-order chi connectivity index (χ1) is 13.7. The molecule has 0 radical (unpaired) electrons. The second-order valence-corrected chi connectivity index (χ2v) is 6.57. The van der Waals surface area contributed by atoms with Gasteiger partial charge in [-0.3, -0.25) is 9.59 Å². The van der Waals surface area contributed by atoms with Gasteiger partial charge in [-0.2, -0.15) is 0 Å². The van der Waals surface area contributed by atoms with Crippen LogP contribution in [0.3, 0.4) is 0 Å². The maximum Gasteiger partial charge on any atom is 0.331 e. The molecule has 1 heterocycles. The summed E-state index contributed by atoms with van der Waals surface area (Å²) in [5.74, 6) is -0.0382. The number of benzene rings is 1. The first-order valence-electron chi connectivity index (χ1n) is 9.04. The fourth-order valence-electron chi connectivity index (χ4n) is 3.11. The average molecular weight is 399 g/mol. The molecule has 7 heteroatoms. The van der Waals surface area contributed by atoms with Gasteiger partial charge in [-0.25, -0.2) is 4.79 Å². The Balaban J connectivity index is 2.11. The number of H-pyrrole nitrogens is 1. The van der Waals surface area contributed by atoms with Crippen LogP contribution in [0.2, 0.25) is 0 Å². The van der Waals surface area contributed by atoms with Gasteiger partial charge in [-0.05, 0) is 51.5 Å². The Morgan fingerprint density at radius 3 is 2.34 bits per heavy atom. The number of hydrogen-bond donors (Lipinski definition) is 1. The quantitative estimate of drug-likeness (QED) is 0.413. The standard InChI is InChI=1S/C22H25NO6/c1-12-20(14(3)24)13(2)23-21(12)22(26)15(4)29-19(25)10-8-16-7-9-17(27-5)11-18(16)28-6/h7-11,15,23H,1-6H3/b10-8+/t15-/m1/s1. The molecule has 1 atom stereocenters. The SMILES string of the molecule is COc1ccc(/C=C/C(=O)O[C@H](C)C(=O)c2[nH]c(C)c(C(C)=O)c2C)c(OC)c1. The van der Waals surface area contributed by atoms with Crippen LogP contribution in [0.1, 0.15) is 51.5 Å². The van der Waals surface area contributed by atoms with E-state index in [0.717, 1.165) is 0 Å². The number of ketones is 2. The highest BCUT2D eigenvalue weighted by Crippen LogP contribution is 2.25. The molecule has 7 nitrogen and oxygen atoms in total.